The van der Waals surface area contributed by atoms with Gasteiger partial charge in [0.1, 0.15) is 23.4 Å². The predicted octanol–water partition coefficient (Wildman–Crippen LogP) is 1.60. The van der Waals surface area contributed by atoms with Crippen molar-refractivity contribution in [2.24, 2.45) is 4.99 Å². The molecule has 1 aliphatic carbocycles. The minimum absolute atomic E-state index is 0.198. The molecule has 5 rings (SSSR count). The highest BCUT2D eigenvalue weighted by Gasteiger charge is 2.33. The number of benzene rings is 1. The first kappa shape index (κ1) is 18.9. The van der Waals surface area contributed by atoms with Crippen LogP contribution in [0, 0.1) is 0 Å². The number of nitrogens with one attached hydrogen (secondary N) is 4. The molecule has 0 fully saturated rings. The molecule has 2 amide bonds. The molecule has 1 aromatic heterocycles. The summed E-state index contributed by atoms with van der Waals surface area (Å²) in [7, 11) is 0. The van der Waals surface area contributed by atoms with Gasteiger partial charge in [-0.15, -0.1) is 0 Å². The molecule has 2 aliphatic heterocycles. The zero-order valence-corrected chi connectivity index (χ0v) is 16.7. The van der Waals surface area contributed by atoms with E-state index in [2.05, 4.69) is 26.5 Å². The number of hydrazine groups is 1. The van der Waals surface area contributed by atoms with E-state index in [0.29, 0.717) is 25.1 Å². The van der Waals surface area contributed by atoms with Crippen LogP contribution in [-0.4, -0.2) is 29.9 Å². The van der Waals surface area contributed by atoms with Gasteiger partial charge in [0.05, 0.1) is 5.69 Å². The number of hydrogen-bond donors (Lipinski definition) is 4. The molecule has 156 valence electrons. The maximum Gasteiger partial charge on any atom is 0.261 e. The third-order valence-electron chi connectivity index (χ3n) is 5.89. The molecule has 1 aromatic carbocycles. The average molecular weight is 407 g/mol. The Morgan fingerprint density at radius 3 is 2.83 bits per heavy atom. The van der Waals surface area contributed by atoms with E-state index in [1.165, 1.54) is 0 Å². The highest BCUT2D eigenvalue weighted by molar-refractivity contribution is 6.00. The largest absolute Gasteiger partial charge is 0.464 e. The molecule has 0 bridgehead atoms. The second-order valence-corrected chi connectivity index (χ2v) is 8.01. The smallest absolute Gasteiger partial charge is 0.261 e. The zero-order chi connectivity index (χ0) is 20.5. The monoisotopic (exact) mass is 407 g/mol. The Labute approximate surface area is 174 Å². The van der Waals surface area contributed by atoms with Gasteiger partial charge >= 0.3 is 0 Å². The maximum absolute atomic E-state index is 12.8. The van der Waals surface area contributed by atoms with Gasteiger partial charge in [-0.2, -0.15) is 0 Å². The van der Waals surface area contributed by atoms with E-state index in [1.807, 2.05) is 30.3 Å². The maximum atomic E-state index is 12.8. The van der Waals surface area contributed by atoms with Crippen molar-refractivity contribution in [2.45, 2.75) is 57.2 Å². The first-order chi connectivity index (χ1) is 14.7. The summed E-state index contributed by atoms with van der Waals surface area (Å²) in [5.74, 6) is 2.01. The van der Waals surface area contributed by atoms with Crippen molar-refractivity contribution in [1.29, 1.82) is 0 Å². The van der Waals surface area contributed by atoms with Gasteiger partial charge in [0, 0.05) is 24.8 Å². The predicted molar refractivity (Wildman–Crippen MR) is 112 cm³/mol. The lowest BCUT2D eigenvalue weighted by Crippen LogP contribution is -2.51. The molecule has 2 unspecified atom stereocenters. The van der Waals surface area contributed by atoms with Crippen molar-refractivity contribution >= 4 is 23.3 Å². The number of amides is 2. The van der Waals surface area contributed by atoms with Gasteiger partial charge in [-0.3, -0.25) is 9.59 Å². The van der Waals surface area contributed by atoms with E-state index in [0.717, 1.165) is 54.0 Å². The molecule has 30 heavy (non-hydrogen) atoms. The zero-order valence-electron chi connectivity index (χ0n) is 16.7. The van der Waals surface area contributed by atoms with Crippen LogP contribution >= 0.6 is 0 Å². The van der Waals surface area contributed by atoms with Crippen molar-refractivity contribution in [1.82, 2.24) is 16.2 Å². The summed E-state index contributed by atoms with van der Waals surface area (Å²) in [5.41, 5.74) is 8.91. The molecule has 0 radical (unpaired) electrons. The van der Waals surface area contributed by atoms with Crippen LogP contribution < -0.4 is 21.5 Å². The molecule has 8 heteroatoms. The van der Waals surface area contributed by atoms with Crippen molar-refractivity contribution in [3.05, 3.63) is 53.0 Å². The molecule has 2 aromatic rings. The van der Waals surface area contributed by atoms with E-state index < -0.39 is 12.2 Å². The highest BCUT2D eigenvalue weighted by Crippen LogP contribution is 2.36. The number of nitrogens with zero attached hydrogens (tertiary/aromatic N) is 1. The Balaban J connectivity index is 1.22. The number of hydrogen-bond acceptors (Lipinski definition) is 6. The Morgan fingerprint density at radius 2 is 1.97 bits per heavy atom. The third-order valence-corrected chi connectivity index (χ3v) is 5.89. The molecule has 4 N–H and O–H groups in total. The fraction of sp³-hybridized carbons (Fsp3) is 0.409. The quantitative estimate of drug-likeness (QED) is 0.616. The number of furan rings is 1. The molecule has 3 aliphatic rings. The molecule has 0 saturated heterocycles. The van der Waals surface area contributed by atoms with Crippen LogP contribution in [0.5, 0.6) is 0 Å². The topological polar surface area (TPSA) is 108 Å². The van der Waals surface area contributed by atoms with Crippen molar-refractivity contribution in [3.8, 4) is 0 Å². The highest BCUT2D eigenvalue weighted by atomic mass is 16.3. The summed E-state index contributed by atoms with van der Waals surface area (Å²) in [6.45, 7) is 0. The molecular weight excluding hydrogens is 382 g/mol. The Morgan fingerprint density at radius 1 is 1.13 bits per heavy atom. The van der Waals surface area contributed by atoms with E-state index in [4.69, 9.17) is 4.42 Å². The minimum Gasteiger partial charge on any atom is -0.464 e. The van der Waals surface area contributed by atoms with E-state index in [9.17, 15) is 9.59 Å². The molecule has 2 atom stereocenters. The van der Waals surface area contributed by atoms with Gasteiger partial charge in [-0.25, -0.2) is 10.4 Å². The SMILES string of the molecule is O=C1Nc2c(oc3c2CCCC3)CCC1NC(=O)C1N=C(Cc2ccccc2)NN1. The number of carbonyl (C=O) groups excluding carboxylic acids is 2. The van der Waals surface area contributed by atoms with Gasteiger partial charge in [0.15, 0.2) is 6.17 Å². The summed E-state index contributed by atoms with van der Waals surface area (Å²) in [6, 6.07) is 9.29. The first-order valence-corrected chi connectivity index (χ1v) is 10.5. The molecule has 0 spiro atoms. The lowest BCUT2D eigenvalue weighted by Gasteiger charge is -2.18. The van der Waals surface area contributed by atoms with Crippen LogP contribution in [0.15, 0.2) is 39.7 Å². The molecule has 8 nitrogen and oxygen atoms in total. The number of rotatable bonds is 4. The number of fused-ring (bicyclic) bond motifs is 3. The minimum atomic E-state index is -0.761. The number of amidine groups is 1. The van der Waals surface area contributed by atoms with Gasteiger partial charge in [0.2, 0.25) is 5.91 Å². The van der Waals surface area contributed by atoms with Crippen LogP contribution in [0.3, 0.4) is 0 Å². The van der Waals surface area contributed by atoms with Gasteiger partial charge < -0.3 is 20.5 Å². The van der Waals surface area contributed by atoms with Gasteiger partial charge in [-0.05, 0) is 31.2 Å². The normalized spacial score (nSPS) is 22.8. The summed E-state index contributed by atoms with van der Waals surface area (Å²) in [6.07, 6.45) is 5.06. The number of aryl methyl sites for hydroxylation is 2. The summed E-state index contributed by atoms with van der Waals surface area (Å²) < 4.78 is 6.01. The van der Waals surface area contributed by atoms with E-state index >= 15 is 0 Å². The second kappa shape index (κ2) is 7.95. The van der Waals surface area contributed by atoms with Gasteiger partial charge in [-0.1, -0.05) is 30.3 Å². The average Bonchev–Trinajstić information content (AvgIpc) is 3.33. The number of aliphatic imine (C=N–C) groups is 1. The summed E-state index contributed by atoms with van der Waals surface area (Å²) >= 11 is 0. The third kappa shape index (κ3) is 3.70. The first-order valence-electron chi connectivity index (χ1n) is 10.5. The van der Waals surface area contributed by atoms with Crippen molar-refractivity contribution in [3.63, 3.8) is 0 Å². The van der Waals surface area contributed by atoms with Crippen molar-refractivity contribution < 1.29 is 14.0 Å². The number of carbonyl (C=O) groups is 2. The fourth-order valence-electron chi connectivity index (χ4n) is 4.32. The van der Waals surface area contributed by atoms with E-state index in [-0.39, 0.29) is 11.8 Å². The number of anilines is 1. The summed E-state index contributed by atoms with van der Waals surface area (Å²) in [4.78, 5) is 29.9. The molecule has 0 saturated carbocycles. The molecular formula is C22H25N5O3. The molecule has 3 heterocycles. The van der Waals surface area contributed by atoms with Crippen LogP contribution in [0.4, 0.5) is 5.69 Å². The fourth-order valence-corrected chi connectivity index (χ4v) is 4.32. The lowest BCUT2D eigenvalue weighted by atomic mass is 9.97. The van der Waals surface area contributed by atoms with Crippen LogP contribution in [0.2, 0.25) is 0 Å². The Hall–Kier alpha value is -3.13. The van der Waals surface area contributed by atoms with Crippen LogP contribution in [-0.2, 0) is 35.3 Å². The summed E-state index contributed by atoms with van der Waals surface area (Å²) in [5, 5.41) is 5.84. The lowest BCUT2D eigenvalue weighted by molar-refractivity contribution is -0.127. The van der Waals surface area contributed by atoms with Crippen LogP contribution in [0.25, 0.3) is 0 Å². The Bertz CT molecular complexity index is 998. The van der Waals surface area contributed by atoms with Crippen LogP contribution in [0.1, 0.15) is 41.9 Å². The standard InChI is InChI=1S/C22H25N5O3/c28-21-15(10-11-17-19(25-21)14-8-4-5-9-16(14)30-17)23-22(29)20-24-18(26-27-20)12-13-6-2-1-3-7-13/h1-3,6-7,15,20,27H,4-5,8-12H2,(H,23,29)(H,24,26)(H,25,28). The van der Waals surface area contributed by atoms with Crippen molar-refractivity contribution in [2.75, 3.05) is 5.32 Å². The Kier molecular flexibility index (Phi) is 5.00. The second-order valence-electron chi connectivity index (χ2n) is 8.01. The van der Waals surface area contributed by atoms with E-state index in [1.54, 1.807) is 0 Å². The van der Waals surface area contributed by atoms with Gasteiger partial charge in [0.25, 0.3) is 5.91 Å².